The number of ether oxygens (including phenoxy) is 3. The van der Waals surface area contributed by atoms with Gasteiger partial charge in [0.2, 0.25) is 5.91 Å². The number of hydrogen-bond donors (Lipinski definition) is 2. The number of aliphatic carboxylic acids is 1. The molecule has 2 aliphatic rings. The van der Waals surface area contributed by atoms with Gasteiger partial charge in [0, 0.05) is 12.5 Å². The molecule has 0 radical (unpaired) electrons. The Morgan fingerprint density at radius 3 is 2.19 bits per heavy atom. The molecule has 5 rings (SSSR count). The average molecular weight is 573 g/mol. The highest BCUT2D eigenvalue weighted by atomic mass is 16.5. The third kappa shape index (κ3) is 6.17. The van der Waals surface area contributed by atoms with Crippen LogP contribution in [0, 0.1) is 5.92 Å². The molecular formula is C33H36N2O7. The lowest BCUT2D eigenvalue weighted by Gasteiger charge is -2.34. The predicted molar refractivity (Wildman–Crippen MR) is 156 cm³/mol. The van der Waals surface area contributed by atoms with Crippen LogP contribution in [0.5, 0.6) is 0 Å². The smallest absolute Gasteiger partial charge is 0.407 e. The van der Waals surface area contributed by atoms with Gasteiger partial charge in [0.15, 0.2) is 0 Å². The highest BCUT2D eigenvalue weighted by Gasteiger charge is 2.43. The van der Waals surface area contributed by atoms with Crippen molar-refractivity contribution in [1.29, 1.82) is 0 Å². The fourth-order valence-electron chi connectivity index (χ4n) is 5.86. The maximum Gasteiger partial charge on any atom is 0.407 e. The van der Waals surface area contributed by atoms with Gasteiger partial charge in [-0.3, -0.25) is 9.59 Å². The van der Waals surface area contributed by atoms with Gasteiger partial charge >= 0.3 is 12.1 Å². The number of fused-ring (bicyclic) bond motifs is 3. The molecule has 1 fully saturated rings. The number of carboxylic acids is 1. The zero-order chi connectivity index (χ0) is 29.6. The van der Waals surface area contributed by atoms with Gasteiger partial charge in [-0.15, -0.1) is 0 Å². The molecule has 42 heavy (non-hydrogen) atoms. The summed E-state index contributed by atoms with van der Waals surface area (Å²) in [6, 6.07) is 23.8. The topological polar surface area (TPSA) is 114 Å². The Balaban J connectivity index is 1.32. The Morgan fingerprint density at radius 1 is 0.952 bits per heavy atom. The number of carboxylic acid groups (broad SMARTS) is 1. The molecular weight excluding hydrogens is 536 g/mol. The molecule has 0 spiro atoms. The number of rotatable bonds is 11. The van der Waals surface area contributed by atoms with Crippen LogP contribution >= 0.6 is 0 Å². The molecule has 1 heterocycles. The quantitative estimate of drug-likeness (QED) is 0.349. The van der Waals surface area contributed by atoms with E-state index >= 15 is 0 Å². The predicted octanol–water partition coefficient (Wildman–Crippen LogP) is 4.45. The number of carbonyl (C=O) groups excluding carboxylic acids is 2. The molecule has 1 aliphatic heterocycles. The van der Waals surface area contributed by atoms with Gasteiger partial charge in [-0.05, 0) is 41.7 Å². The van der Waals surface area contributed by atoms with Crippen molar-refractivity contribution >= 4 is 18.0 Å². The number of hydrogen-bond acceptors (Lipinski definition) is 6. The lowest BCUT2D eigenvalue weighted by molar-refractivity contribution is -0.146. The summed E-state index contributed by atoms with van der Waals surface area (Å²) in [6.45, 7) is 4.17. The molecule has 4 atom stereocenters. The molecule has 0 aromatic heterocycles. The van der Waals surface area contributed by atoms with E-state index < -0.39 is 42.1 Å². The highest BCUT2D eigenvalue weighted by Crippen LogP contribution is 2.44. The molecule has 2 N–H and O–H groups in total. The zero-order valence-corrected chi connectivity index (χ0v) is 23.8. The van der Waals surface area contributed by atoms with Gasteiger partial charge in [0.1, 0.15) is 18.6 Å². The lowest BCUT2D eigenvalue weighted by Crippen LogP contribution is -2.58. The molecule has 1 aliphatic carbocycles. The normalized spacial score (nSPS) is 18.9. The lowest BCUT2D eigenvalue weighted by atomic mass is 9.98. The number of carbonyl (C=O) groups is 3. The van der Waals surface area contributed by atoms with Crippen molar-refractivity contribution in [3.05, 3.63) is 95.6 Å². The number of alkyl carbamates (subject to hydrolysis) is 1. The van der Waals surface area contributed by atoms with E-state index in [0.29, 0.717) is 0 Å². The Bertz CT molecular complexity index is 1370. The Morgan fingerprint density at radius 2 is 1.57 bits per heavy atom. The minimum Gasteiger partial charge on any atom is -0.481 e. The molecule has 9 nitrogen and oxygen atoms in total. The highest BCUT2D eigenvalue weighted by molar-refractivity contribution is 5.87. The summed E-state index contributed by atoms with van der Waals surface area (Å²) in [6.07, 6.45) is -1.49. The Hall–Kier alpha value is -4.21. The first-order chi connectivity index (χ1) is 20.4. The molecule has 0 bridgehead atoms. The van der Waals surface area contributed by atoms with Gasteiger partial charge in [0.25, 0.3) is 0 Å². The van der Waals surface area contributed by atoms with Crippen LogP contribution in [0.1, 0.15) is 36.5 Å². The van der Waals surface area contributed by atoms with E-state index in [1.165, 1.54) is 4.90 Å². The van der Waals surface area contributed by atoms with E-state index in [1.54, 1.807) is 13.8 Å². The van der Waals surface area contributed by atoms with Crippen molar-refractivity contribution in [1.82, 2.24) is 10.2 Å². The van der Waals surface area contributed by atoms with Gasteiger partial charge in [-0.2, -0.15) is 0 Å². The van der Waals surface area contributed by atoms with Crippen molar-refractivity contribution in [3.8, 4) is 11.1 Å². The molecule has 1 saturated heterocycles. The van der Waals surface area contributed by atoms with E-state index in [1.807, 2.05) is 66.7 Å². The molecule has 9 heteroatoms. The fraction of sp³-hybridized carbons (Fsp3) is 0.364. The second-order valence-electron chi connectivity index (χ2n) is 10.6. The number of likely N-dealkylation sites (N-methyl/N-ethyl adjacent to an activating group) is 1. The van der Waals surface area contributed by atoms with Gasteiger partial charge in [-0.25, -0.2) is 4.79 Å². The SMILES string of the molecule is CCN(C(=O)C(NC(=O)OCC1c2ccccc2-c2ccccc21)C(C)OCc1ccccc1)C1COCC1C(=O)O. The van der Waals surface area contributed by atoms with Crippen molar-refractivity contribution in [2.24, 2.45) is 5.92 Å². The first kappa shape index (κ1) is 29.3. The Labute approximate surface area is 245 Å². The van der Waals surface area contributed by atoms with Crippen molar-refractivity contribution in [2.45, 2.75) is 44.6 Å². The molecule has 4 unspecified atom stereocenters. The zero-order valence-electron chi connectivity index (χ0n) is 23.8. The molecule has 220 valence electrons. The maximum atomic E-state index is 13.9. The number of benzene rings is 3. The number of nitrogens with one attached hydrogen (secondary N) is 1. The largest absolute Gasteiger partial charge is 0.481 e. The third-order valence-corrected chi connectivity index (χ3v) is 8.10. The van der Waals surface area contributed by atoms with Gasteiger partial charge in [0.05, 0.1) is 32.0 Å². The molecule has 3 aromatic rings. The Kier molecular flexibility index (Phi) is 9.19. The summed E-state index contributed by atoms with van der Waals surface area (Å²) in [5, 5.41) is 12.4. The standard InChI is InChI=1S/C33H36N2O7/c1-3-35(29-20-40-18-28(29)32(37)38)31(36)30(21(2)41-17-22-11-5-4-6-12-22)34-33(39)42-19-27-25-15-9-7-13-23(25)24-14-8-10-16-26(24)27/h4-16,21,27-30H,3,17-20H2,1-2H3,(H,34,39)(H,37,38). The van der Waals surface area contributed by atoms with Crippen LogP contribution in [0.4, 0.5) is 4.79 Å². The van der Waals surface area contributed by atoms with Crippen LogP contribution in [0.2, 0.25) is 0 Å². The number of nitrogens with zero attached hydrogens (tertiary/aromatic N) is 1. The molecule has 2 amide bonds. The molecule has 3 aromatic carbocycles. The van der Waals surface area contributed by atoms with E-state index in [0.717, 1.165) is 27.8 Å². The second-order valence-corrected chi connectivity index (χ2v) is 10.6. The molecule has 0 saturated carbocycles. The van der Waals surface area contributed by atoms with Gasteiger partial charge < -0.3 is 29.5 Å². The van der Waals surface area contributed by atoms with Crippen LogP contribution in [0.25, 0.3) is 11.1 Å². The van der Waals surface area contributed by atoms with Crippen LogP contribution < -0.4 is 5.32 Å². The summed E-state index contributed by atoms with van der Waals surface area (Å²) in [5.74, 6) is -2.47. The van der Waals surface area contributed by atoms with E-state index in [2.05, 4.69) is 17.4 Å². The van der Waals surface area contributed by atoms with Crippen LogP contribution in [0.3, 0.4) is 0 Å². The summed E-state index contributed by atoms with van der Waals surface area (Å²) in [4.78, 5) is 40.5. The van der Waals surface area contributed by atoms with E-state index in [9.17, 15) is 19.5 Å². The number of amides is 2. The minimum atomic E-state index is -1.11. The third-order valence-electron chi connectivity index (χ3n) is 8.10. The van der Waals surface area contributed by atoms with Crippen molar-refractivity contribution < 1.29 is 33.7 Å². The van der Waals surface area contributed by atoms with E-state index in [-0.39, 0.29) is 38.9 Å². The van der Waals surface area contributed by atoms with Crippen molar-refractivity contribution in [2.75, 3.05) is 26.4 Å². The summed E-state index contributed by atoms with van der Waals surface area (Å²) < 4.78 is 17.2. The monoisotopic (exact) mass is 572 g/mol. The summed E-state index contributed by atoms with van der Waals surface area (Å²) in [7, 11) is 0. The van der Waals surface area contributed by atoms with Crippen LogP contribution in [-0.2, 0) is 30.4 Å². The minimum absolute atomic E-state index is 0.0221. The fourth-order valence-corrected chi connectivity index (χ4v) is 5.86. The first-order valence-electron chi connectivity index (χ1n) is 14.3. The summed E-state index contributed by atoms with van der Waals surface area (Å²) >= 11 is 0. The van der Waals surface area contributed by atoms with Crippen LogP contribution in [0.15, 0.2) is 78.9 Å². The first-order valence-corrected chi connectivity index (χ1v) is 14.3. The van der Waals surface area contributed by atoms with Gasteiger partial charge in [-0.1, -0.05) is 78.9 Å². The van der Waals surface area contributed by atoms with Crippen molar-refractivity contribution in [3.63, 3.8) is 0 Å². The van der Waals surface area contributed by atoms with Crippen LogP contribution in [-0.4, -0.2) is 72.5 Å². The van der Waals surface area contributed by atoms with E-state index in [4.69, 9.17) is 14.2 Å². The summed E-state index contributed by atoms with van der Waals surface area (Å²) in [5.41, 5.74) is 5.31. The second kappa shape index (κ2) is 13.2. The maximum absolute atomic E-state index is 13.9. The average Bonchev–Trinajstić information content (AvgIpc) is 3.62.